The van der Waals surface area contributed by atoms with Crippen molar-refractivity contribution in [2.24, 2.45) is 5.73 Å². The molecular weight excluding hydrogens is 102 g/mol. The van der Waals surface area contributed by atoms with Gasteiger partial charge in [-0.15, -0.1) is 0 Å². The molecule has 0 rings (SSSR count). The third-order valence-electron chi connectivity index (χ3n) is 0.271. The predicted molar refractivity (Wildman–Crippen MR) is 23.6 cm³/mol. The Bertz CT molecular complexity index is 87.7. The van der Waals surface area contributed by atoms with E-state index in [1.165, 1.54) is 0 Å². The highest BCUT2D eigenvalue weighted by Gasteiger charge is 1.88. The molecule has 6 heavy (non-hydrogen) atoms. The van der Waals surface area contributed by atoms with Gasteiger partial charge in [0.2, 0.25) is 0 Å². The molecule has 0 aliphatic heterocycles. The predicted octanol–water partition coefficient (Wildman–Crippen LogP) is -1.28. The molecule has 0 aliphatic rings. The molecule has 0 aromatic carbocycles. The number of nitrogens with two attached hydrogens (primary N) is 1. The van der Waals surface area contributed by atoms with Crippen LogP contribution in [0.4, 0.5) is 0 Å². The van der Waals surface area contributed by atoms with Crippen molar-refractivity contribution >= 4 is 10.7 Å². The van der Waals surface area contributed by atoms with E-state index in [4.69, 9.17) is 5.73 Å². The summed E-state index contributed by atoms with van der Waals surface area (Å²) >= 11 is 0. The molecule has 1 atom stereocenters. The van der Waals surface area contributed by atoms with Gasteiger partial charge in [0.05, 0.1) is 0 Å². The van der Waals surface area contributed by atoms with E-state index in [0.29, 0.717) is 0 Å². The second kappa shape index (κ2) is 2.15. The molecule has 1 unspecified atom stereocenters. The fourth-order valence-corrected chi connectivity index (χ4v) is 0. The van der Waals surface area contributed by atoms with Gasteiger partial charge in [0, 0.05) is 0 Å². The summed E-state index contributed by atoms with van der Waals surface area (Å²) in [6.45, 7) is 3.02. The highest BCUT2D eigenvalue weighted by atomic mass is 32.2. The maximum Gasteiger partial charge on any atom is 0.155 e. The average Bonchev–Trinajstić information content (AvgIpc) is 1.36. The van der Waals surface area contributed by atoms with E-state index < -0.39 is 16.1 Å². The molecule has 0 spiro atoms. The second-order valence-electron chi connectivity index (χ2n) is 0.853. The molecule has 1 radical (unpaired) electrons. The molecule has 0 bridgehead atoms. The molecule has 0 heterocycles. The maximum atomic E-state index is 9.55. The van der Waals surface area contributed by atoms with Crippen LogP contribution in [-0.2, 0) is 10.7 Å². The van der Waals surface area contributed by atoms with Crippen molar-refractivity contribution in [2.45, 2.75) is 5.37 Å². The molecule has 0 saturated heterocycles. The van der Waals surface area contributed by atoms with Crippen LogP contribution in [0.2, 0.25) is 0 Å². The fraction of sp³-hybridized carbons (Fsp3) is 0.500. The third kappa shape index (κ3) is 2.17. The lowest BCUT2D eigenvalue weighted by Crippen LogP contribution is -2.15. The zero-order valence-electron chi connectivity index (χ0n) is 3.13. The Morgan fingerprint density at radius 3 is 1.83 bits per heavy atom. The van der Waals surface area contributed by atoms with Gasteiger partial charge in [-0.25, -0.2) is 8.42 Å². The molecule has 3 nitrogen and oxygen atoms in total. The lowest BCUT2D eigenvalue weighted by molar-refractivity contribution is 0.608. The number of hydrogen-bond acceptors (Lipinski definition) is 3. The van der Waals surface area contributed by atoms with Gasteiger partial charge in [-0.1, -0.05) is 0 Å². The molecule has 0 saturated carbocycles. The molecule has 37 valence electrons. The van der Waals surface area contributed by atoms with Crippen LogP contribution >= 0.6 is 0 Å². The molecule has 0 amide bonds. The normalized spacial score (nSPS) is 15.2. The van der Waals surface area contributed by atoms with Gasteiger partial charge in [-0.3, -0.25) is 0 Å². The summed E-state index contributed by atoms with van der Waals surface area (Å²) in [5.41, 5.74) is 4.73. The first-order valence-electron chi connectivity index (χ1n) is 1.36. The lowest BCUT2D eigenvalue weighted by Gasteiger charge is -1.83. The van der Waals surface area contributed by atoms with Crippen molar-refractivity contribution in [3.63, 3.8) is 0 Å². The van der Waals surface area contributed by atoms with Gasteiger partial charge in [-0.05, 0) is 6.92 Å². The van der Waals surface area contributed by atoms with Crippen molar-refractivity contribution in [3.05, 3.63) is 6.92 Å². The van der Waals surface area contributed by atoms with E-state index in [9.17, 15) is 8.42 Å². The largest absolute Gasteiger partial charge is 0.315 e. The molecule has 2 N–H and O–H groups in total. The third-order valence-corrected chi connectivity index (χ3v) is 0.812. The summed E-state index contributed by atoms with van der Waals surface area (Å²) in [5.74, 6) is 0. The van der Waals surface area contributed by atoms with E-state index >= 15 is 0 Å². The van der Waals surface area contributed by atoms with Crippen molar-refractivity contribution in [1.82, 2.24) is 0 Å². The van der Waals surface area contributed by atoms with Gasteiger partial charge < -0.3 is 5.73 Å². The first kappa shape index (κ1) is 5.91. The zero-order chi connectivity index (χ0) is 5.15. The first-order chi connectivity index (χ1) is 2.64. The van der Waals surface area contributed by atoms with Crippen LogP contribution < -0.4 is 5.73 Å². The molecule has 0 aromatic rings. The van der Waals surface area contributed by atoms with Crippen LogP contribution in [0, 0.1) is 6.92 Å². The SMILES string of the molecule is [CH2]C(N)[SH](=O)=O. The molecular formula is C2H6NO2S. The maximum absolute atomic E-state index is 9.55. The number of thiol groups is 1. The van der Waals surface area contributed by atoms with E-state index in [0.717, 1.165) is 0 Å². The zero-order valence-corrected chi connectivity index (χ0v) is 4.02. The number of rotatable bonds is 1. The summed E-state index contributed by atoms with van der Waals surface area (Å²) in [6.07, 6.45) is 0. The minimum atomic E-state index is -2.49. The highest BCUT2D eigenvalue weighted by molar-refractivity contribution is 7.73. The van der Waals surface area contributed by atoms with Crippen molar-refractivity contribution < 1.29 is 8.42 Å². The summed E-state index contributed by atoms with van der Waals surface area (Å²) < 4.78 is 19.1. The Balaban J connectivity index is 3.57. The van der Waals surface area contributed by atoms with Crippen LogP contribution in [0.5, 0.6) is 0 Å². The summed E-state index contributed by atoms with van der Waals surface area (Å²) in [6, 6.07) is 0. The molecule has 0 aromatic heterocycles. The molecule has 0 aliphatic carbocycles. The van der Waals surface area contributed by atoms with E-state index in [1.54, 1.807) is 0 Å². The van der Waals surface area contributed by atoms with Crippen molar-refractivity contribution in [2.75, 3.05) is 0 Å². The highest BCUT2D eigenvalue weighted by Crippen LogP contribution is 1.66. The molecule has 0 fully saturated rings. The van der Waals surface area contributed by atoms with Crippen molar-refractivity contribution in [1.29, 1.82) is 0 Å². The van der Waals surface area contributed by atoms with Gasteiger partial charge in [0.15, 0.2) is 10.7 Å². The first-order valence-corrected chi connectivity index (χ1v) is 2.61. The summed E-state index contributed by atoms with van der Waals surface area (Å²) in [4.78, 5) is 0. The Labute approximate surface area is 38.1 Å². The van der Waals surface area contributed by atoms with Crippen LogP contribution in [0.15, 0.2) is 0 Å². The smallest absolute Gasteiger partial charge is 0.155 e. The van der Waals surface area contributed by atoms with E-state index in [-0.39, 0.29) is 0 Å². The molecule has 4 heteroatoms. The topological polar surface area (TPSA) is 60.2 Å². The van der Waals surface area contributed by atoms with E-state index in [2.05, 4.69) is 6.92 Å². The summed E-state index contributed by atoms with van der Waals surface area (Å²) in [7, 11) is -2.49. The van der Waals surface area contributed by atoms with Crippen molar-refractivity contribution in [3.8, 4) is 0 Å². The lowest BCUT2D eigenvalue weighted by atomic mass is 10.8. The van der Waals surface area contributed by atoms with Gasteiger partial charge >= 0.3 is 0 Å². The van der Waals surface area contributed by atoms with E-state index in [1.807, 2.05) is 0 Å². The van der Waals surface area contributed by atoms with Gasteiger partial charge in [0.25, 0.3) is 0 Å². The Morgan fingerprint density at radius 1 is 1.67 bits per heavy atom. The Morgan fingerprint density at radius 2 is 1.83 bits per heavy atom. The quantitative estimate of drug-likeness (QED) is 0.411. The Kier molecular flexibility index (Phi) is 2.12. The second-order valence-corrected chi connectivity index (χ2v) is 2.09. The number of hydrogen-bond donors (Lipinski definition) is 2. The van der Waals surface area contributed by atoms with Crippen LogP contribution in [0.1, 0.15) is 0 Å². The van der Waals surface area contributed by atoms with Crippen LogP contribution in [-0.4, -0.2) is 13.8 Å². The monoisotopic (exact) mass is 108 g/mol. The Hall–Kier alpha value is -0.0900. The van der Waals surface area contributed by atoms with Crippen LogP contribution in [0.25, 0.3) is 0 Å². The minimum Gasteiger partial charge on any atom is -0.315 e. The van der Waals surface area contributed by atoms with Gasteiger partial charge in [0.1, 0.15) is 5.37 Å². The summed E-state index contributed by atoms with van der Waals surface area (Å²) in [5, 5.41) is -0.944. The average molecular weight is 108 g/mol. The van der Waals surface area contributed by atoms with Gasteiger partial charge in [-0.2, -0.15) is 0 Å². The standard InChI is InChI=1S/C2H6NO2S/c1-2(3)6(4)5/h2,6H,1,3H2. The fourth-order valence-electron chi connectivity index (χ4n) is 0. The minimum absolute atomic E-state index is 0.944. The van der Waals surface area contributed by atoms with Crippen LogP contribution in [0.3, 0.4) is 0 Å².